The van der Waals surface area contributed by atoms with Gasteiger partial charge in [-0.25, -0.2) is 0 Å². The van der Waals surface area contributed by atoms with E-state index in [4.69, 9.17) is 0 Å². The standard InChI is InChI=1S/2C11H10O4.2C6H5.Sn.2H/c2*12-10(13)7-9(11(14)15)6-8-4-2-1-3-5-8;2*1-2-4-6-5-3-1;;;/h2*1-5,7H,6H2,(H,12,13)(H,14,15);2*1-5H;;;/q;;;;+4;;/p-4/b2*9-7-;;;;;. The summed E-state index contributed by atoms with van der Waals surface area (Å²) in [5, 5.41) is 41.6. The van der Waals surface area contributed by atoms with Crippen molar-refractivity contribution in [2.75, 3.05) is 0 Å². The van der Waals surface area contributed by atoms with E-state index in [0.29, 0.717) is 23.3 Å². The van der Waals surface area contributed by atoms with Gasteiger partial charge in [0.1, 0.15) is 0 Å². The molecule has 0 aliphatic heterocycles. The van der Waals surface area contributed by atoms with E-state index in [2.05, 4.69) is 60.7 Å². The van der Waals surface area contributed by atoms with Crippen molar-refractivity contribution in [3.63, 3.8) is 0 Å². The fraction of sp³-hybridized carbons (Fsp3) is 0.0588. The minimum absolute atomic E-state index is 0.0111. The maximum absolute atomic E-state index is 10.6. The molecule has 0 bridgehead atoms. The molecule has 0 aliphatic rings. The zero-order valence-electron chi connectivity index (χ0n) is 23.1. The van der Waals surface area contributed by atoms with Gasteiger partial charge in [-0.3, -0.25) is 0 Å². The Labute approximate surface area is 259 Å². The van der Waals surface area contributed by atoms with Crippen LogP contribution < -0.4 is 27.6 Å². The van der Waals surface area contributed by atoms with Gasteiger partial charge in [-0.05, 0) is 47.3 Å². The Hall–Kier alpha value is -4.96. The molecule has 0 amide bonds. The van der Waals surface area contributed by atoms with Gasteiger partial charge in [-0.1, -0.05) is 60.7 Å². The van der Waals surface area contributed by atoms with E-state index in [1.54, 1.807) is 67.8 Å². The fourth-order valence-electron chi connectivity index (χ4n) is 3.71. The predicted molar refractivity (Wildman–Crippen MR) is 157 cm³/mol. The van der Waals surface area contributed by atoms with Crippen LogP contribution in [0, 0.1) is 0 Å². The summed E-state index contributed by atoms with van der Waals surface area (Å²) >= 11 is -0.881. The summed E-state index contributed by atoms with van der Waals surface area (Å²) in [7, 11) is 0. The van der Waals surface area contributed by atoms with E-state index in [-0.39, 0.29) is 24.0 Å². The van der Waals surface area contributed by atoms with Gasteiger partial charge < -0.3 is 39.6 Å². The Morgan fingerprint density at radius 3 is 1.00 bits per heavy atom. The van der Waals surface area contributed by atoms with Crippen molar-refractivity contribution in [1.29, 1.82) is 0 Å². The van der Waals surface area contributed by atoms with Crippen LogP contribution in [0.2, 0.25) is 0 Å². The third-order valence-electron chi connectivity index (χ3n) is 5.68. The predicted octanol–water partition coefficient (Wildman–Crippen LogP) is -1.88. The van der Waals surface area contributed by atoms with Crippen LogP contribution >= 0.6 is 0 Å². The Morgan fingerprint density at radius 1 is 0.465 bits per heavy atom. The molecule has 4 rings (SSSR count). The van der Waals surface area contributed by atoms with Gasteiger partial charge in [0.25, 0.3) is 0 Å². The number of carboxylic acid groups (broad SMARTS) is 4. The van der Waals surface area contributed by atoms with Crippen molar-refractivity contribution in [3.05, 3.63) is 156 Å². The number of aliphatic carboxylic acids is 4. The SMILES string of the molecule is O=C([O-])/C=C(/Cc1ccccc1)C(=O)[O-].O=C([O-])/C=C(/Cc1ccccc1)C(=O)[O-].c1cc[c]([SnH2+4][c]2ccccc2)cc1. The van der Waals surface area contributed by atoms with E-state index in [1.807, 2.05) is 0 Å². The molecule has 0 atom stereocenters. The molecule has 0 heterocycles. The van der Waals surface area contributed by atoms with Crippen LogP contribution in [0.5, 0.6) is 0 Å². The maximum atomic E-state index is 10.6. The summed E-state index contributed by atoms with van der Waals surface area (Å²) in [6.07, 6.45) is 1.11. The molecule has 0 N–H and O–H groups in total. The monoisotopic (exact) mass is 684 g/mol. The summed E-state index contributed by atoms with van der Waals surface area (Å²) < 4.78 is 3.16. The molecule has 8 nitrogen and oxygen atoms in total. The molecule has 0 aliphatic carbocycles. The Morgan fingerprint density at radius 2 is 0.744 bits per heavy atom. The first-order valence-corrected chi connectivity index (χ1v) is 17.1. The zero-order valence-corrected chi connectivity index (χ0v) is 27.1. The fourth-order valence-corrected chi connectivity index (χ4v) is 7.95. The number of carboxylic acids is 4. The van der Waals surface area contributed by atoms with Gasteiger partial charge in [0.15, 0.2) is 0 Å². The third-order valence-corrected chi connectivity index (χ3v) is 10.7. The molecule has 0 unspecified atom stereocenters. The zero-order chi connectivity index (χ0) is 31.5. The molecular formula is C34H28O8Sn. The second kappa shape index (κ2) is 19.2. The molecule has 9 heteroatoms. The van der Waals surface area contributed by atoms with Gasteiger partial charge in [0.2, 0.25) is 0 Å². The molecule has 216 valence electrons. The number of carbonyl (C=O) groups excluding carboxylic acids is 4. The molecule has 0 aromatic heterocycles. The summed E-state index contributed by atoms with van der Waals surface area (Å²) in [6, 6.07) is 39.0. The topological polar surface area (TPSA) is 161 Å². The molecule has 4 aromatic rings. The van der Waals surface area contributed by atoms with Crippen LogP contribution in [0.25, 0.3) is 0 Å². The summed E-state index contributed by atoms with van der Waals surface area (Å²) in [5.74, 6) is -6.07. The molecule has 0 saturated heterocycles. The first-order chi connectivity index (χ1) is 20.6. The van der Waals surface area contributed by atoms with E-state index < -0.39 is 45.0 Å². The number of rotatable bonds is 10. The number of hydrogen-bond donors (Lipinski definition) is 0. The molecular weight excluding hydrogens is 655 g/mol. The van der Waals surface area contributed by atoms with Gasteiger partial charge in [-0.2, -0.15) is 0 Å². The van der Waals surface area contributed by atoms with Crippen LogP contribution in [-0.2, 0) is 32.0 Å². The molecule has 0 fully saturated rings. The quantitative estimate of drug-likeness (QED) is 0.139. The van der Waals surface area contributed by atoms with Crippen LogP contribution in [-0.4, -0.2) is 45.0 Å². The van der Waals surface area contributed by atoms with Crippen molar-refractivity contribution in [3.8, 4) is 0 Å². The number of carbonyl (C=O) groups is 4. The second-order valence-electron chi connectivity index (χ2n) is 9.02. The second-order valence-corrected chi connectivity index (χ2v) is 14.7. The minimum atomic E-state index is -1.54. The Balaban J connectivity index is 0.000000226. The summed E-state index contributed by atoms with van der Waals surface area (Å²) in [6.45, 7) is 0. The van der Waals surface area contributed by atoms with Crippen molar-refractivity contribution in [2.45, 2.75) is 12.8 Å². The molecule has 43 heavy (non-hydrogen) atoms. The average molecular weight is 683 g/mol. The summed E-state index contributed by atoms with van der Waals surface area (Å²) in [5.41, 5.74) is 0.797. The van der Waals surface area contributed by atoms with Crippen molar-refractivity contribution in [1.82, 2.24) is 0 Å². The van der Waals surface area contributed by atoms with Gasteiger partial charge in [0.05, 0.1) is 23.9 Å². The van der Waals surface area contributed by atoms with E-state index in [0.717, 1.165) is 0 Å². The van der Waals surface area contributed by atoms with Crippen molar-refractivity contribution < 1.29 is 39.6 Å². The first-order valence-electron chi connectivity index (χ1n) is 13.1. The molecule has 0 spiro atoms. The van der Waals surface area contributed by atoms with E-state index in [1.165, 1.54) is 0 Å². The van der Waals surface area contributed by atoms with Gasteiger partial charge >= 0.3 is 89.0 Å². The van der Waals surface area contributed by atoms with Crippen LogP contribution in [0.3, 0.4) is 0 Å². The number of benzene rings is 4. The summed E-state index contributed by atoms with van der Waals surface area (Å²) in [4.78, 5) is 41.6. The normalized spacial score (nSPS) is 10.7. The van der Waals surface area contributed by atoms with Gasteiger partial charge in [0, 0.05) is 0 Å². The van der Waals surface area contributed by atoms with E-state index >= 15 is 0 Å². The first kappa shape index (κ1) is 34.2. The molecule has 0 saturated carbocycles. The van der Waals surface area contributed by atoms with Crippen LogP contribution in [0.4, 0.5) is 0 Å². The van der Waals surface area contributed by atoms with E-state index in [9.17, 15) is 39.6 Å². The van der Waals surface area contributed by atoms with Crippen LogP contribution in [0.15, 0.2) is 145 Å². The third kappa shape index (κ3) is 15.0. The van der Waals surface area contributed by atoms with Crippen molar-refractivity contribution in [2.24, 2.45) is 0 Å². The van der Waals surface area contributed by atoms with Gasteiger partial charge in [-0.15, -0.1) is 0 Å². The van der Waals surface area contributed by atoms with Crippen LogP contribution in [0.1, 0.15) is 11.1 Å². The Kier molecular flexibility index (Phi) is 15.3. The van der Waals surface area contributed by atoms with Crippen molar-refractivity contribution >= 4 is 52.2 Å². The molecule has 4 aromatic carbocycles. The number of hydrogen-bond acceptors (Lipinski definition) is 8. The average Bonchev–Trinajstić information content (AvgIpc) is 2.99. The Bertz CT molecular complexity index is 1400. The molecule has 4 radical (unpaired) electrons.